The highest BCUT2D eigenvalue weighted by atomic mass is 31.2. The zero-order valence-corrected chi connectivity index (χ0v) is 7.02. The average molecular weight is 196 g/mol. The Hall–Kier alpha value is -0.100. The molecule has 12 heavy (non-hydrogen) atoms. The quantitative estimate of drug-likeness (QED) is 0.433. The number of aliphatic hydroxyl groups is 1. The van der Waals surface area contributed by atoms with Gasteiger partial charge in [0.1, 0.15) is 12.5 Å². The first-order chi connectivity index (χ1) is 5.49. The average Bonchev–Trinajstić information content (AvgIpc) is 2.29. The van der Waals surface area contributed by atoms with Gasteiger partial charge < -0.3 is 19.4 Å². The fraction of sp³-hybridized carbons (Fsp3) is 0.800. The normalized spacial score (nSPS) is 34.2. The molecule has 1 fully saturated rings. The van der Waals surface area contributed by atoms with Crippen LogP contribution in [0.5, 0.6) is 0 Å². The van der Waals surface area contributed by atoms with Crippen molar-refractivity contribution >= 4 is 7.82 Å². The molecule has 3 unspecified atom stereocenters. The molecular formula is C5H9O6P. The summed E-state index contributed by atoms with van der Waals surface area (Å²) in [5.74, 6) is 0. The molecule has 1 aliphatic rings. The van der Waals surface area contributed by atoms with Gasteiger partial charge in [-0.05, 0) is 0 Å². The zero-order chi connectivity index (χ0) is 9.19. The van der Waals surface area contributed by atoms with Crippen LogP contribution in [0, 0.1) is 6.61 Å². The van der Waals surface area contributed by atoms with E-state index in [0.29, 0.717) is 6.42 Å². The number of phosphoric acid groups is 1. The lowest BCUT2D eigenvalue weighted by Gasteiger charge is -2.17. The second-order valence-corrected chi connectivity index (χ2v) is 3.60. The van der Waals surface area contributed by atoms with E-state index in [1.54, 1.807) is 0 Å². The Morgan fingerprint density at radius 3 is 2.92 bits per heavy atom. The fourth-order valence-electron chi connectivity index (χ4n) is 0.838. The van der Waals surface area contributed by atoms with Crippen LogP contribution >= 0.6 is 7.82 Å². The third-order valence-corrected chi connectivity index (χ3v) is 1.92. The maximum Gasteiger partial charge on any atom is 0.265 e. The summed E-state index contributed by atoms with van der Waals surface area (Å²) < 4.78 is 18.9. The summed E-state index contributed by atoms with van der Waals surface area (Å²) in [7, 11) is -4.70. The van der Waals surface area contributed by atoms with Gasteiger partial charge in [0.25, 0.3) is 7.82 Å². The van der Waals surface area contributed by atoms with E-state index >= 15 is 0 Å². The highest BCUT2D eigenvalue weighted by molar-refractivity contribution is 7.44. The van der Waals surface area contributed by atoms with Crippen LogP contribution < -0.4 is 4.89 Å². The van der Waals surface area contributed by atoms with E-state index in [9.17, 15) is 9.46 Å². The summed E-state index contributed by atoms with van der Waals surface area (Å²) in [5, 5.41) is 9.08. The van der Waals surface area contributed by atoms with Crippen LogP contribution in [0.3, 0.4) is 0 Å². The molecule has 70 valence electrons. The molecule has 0 aromatic carbocycles. The Balaban J connectivity index is 2.27. The van der Waals surface area contributed by atoms with Crippen molar-refractivity contribution in [1.82, 2.24) is 0 Å². The molecule has 0 aliphatic carbocycles. The summed E-state index contributed by atoms with van der Waals surface area (Å²) in [4.78, 5) is 18.3. The van der Waals surface area contributed by atoms with Crippen molar-refractivity contribution in [2.24, 2.45) is 0 Å². The van der Waals surface area contributed by atoms with Crippen molar-refractivity contribution in [2.45, 2.75) is 18.6 Å². The first-order valence-corrected chi connectivity index (χ1v) is 4.82. The van der Waals surface area contributed by atoms with Gasteiger partial charge in [-0.3, -0.25) is 4.57 Å². The molecule has 1 aliphatic heterocycles. The minimum atomic E-state index is -4.70. The monoisotopic (exact) mass is 196 g/mol. The first kappa shape index (κ1) is 9.98. The zero-order valence-electron chi connectivity index (χ0n) is 6.12. The van der Waals surface area contributed by atoms with Crippen molar-refractivity contribution < 1.29 is 28.7 Å². The molecule has 0 spiro atoms. The van der Waals surface area contributed by atoms with Crippen LogP contribution in [0.15, 0.2) is 0 Å². The van der Waals surface area contributed by atoms with E-state index < -0.39 is 20.0 Å². The predicted octanol–water partition coefficient (Wildman–Crippen LogP) is -1.22. The predicted molar refractivity (Wildman–Crippen MR) is 35.6 cm³/mol. The summed E-state index contributed by atoms with van der Waals surface area (Å²) in [6.07, 6.45) is -1.14. The Kier molecular flexibility index (Phi) is 3.11. The molecule has 1 heterocycles. The number of hydrogen-bond acceptors (Lipinski definition) is 5. The maximum atomic E-state index is 10.1. The number of rotatable bonds is 3. The molecule has 2 N–H and O–H groups in total. The summed E-state index contributed by atoms with van der Waals surface area (Å²) in [6.45, 7) is 1.00. The lowest BCUT2D eigenvalue weighted by Crippen LogP contribution is -2.26. The number of ether oxygens (including phenoxy) is 1. The second kappa shape index (κ2) is 3.74. The Morgan fingerprint density at radius 2 is 2.50 bits per heavy atom. The first-order valence-electron chi connectivity index (χ1n) is 3.32. The van der Waals surface area contributed by atoms with Crippen LogP contribution in [-0.4, -0.2) is 28.8 Å². The Morgan fingerprint density at radius 1 is 1.83 bits per heavy atom. The molecule has 7 heteroatoms. The van der Waals surface area contributed by atoms with Gasteiger partial charge in [-0.25, -0.2) is 0 Å². The minimum absolute atomic E-state index is 0.336. The van der Waals surface area contributed by atoms with Gasteiger partial charge in [-0.2, -0.15) is 4.74 Å². The van der Waals surface area contributed by atoms with E-state index in [1.807, 2.05) is 0 Å². The van der Waals surface area contributed by atoms with E-state index in [2.05, 4.69) is 4.52 Å². The minimum Gasteiger partial charge on any atom is -0.756 e. The molecule has 0 bridgehead atoms. The van der Waals surface area contributed by atoms with Gasteiger partial charge in [0.05, 0.1) is 6.61 Å². The summed E-state index contributed by atoms with van der Waals surface area (Å²) in [5.41, 5.74) is 0. The molecule has 1 rings (SSSR count). The van der Waals surface area contributed by atoms with Crippen LogP contribution in [-0.2, 0) is 13.8 Å². The van der Waals surface area contributed by atoms with Crippen LogP contribution in [0.2, 0.25) is 0 Å². The van der Waals surface area contributed by atoms with Crippen LogP contribution in [0.4, 0.5) is 0 Å². The van der Waals surface area contributed by atoms with E-state index in [0.717, 1.165) is 0 Å². The third-order valence-electron chi connectivity index (χ3n) is 1.44. The van der Waals surface area contributed by atoms with Crippen LogP contribution in [0.25, 0.3) is 0 Å². The highest BCUT2D eigenvalue weighted by Gasteiger charge is 2.35. The van der Waals surface area contributed by atoms with Crippen molar-refractivity contribution in [2.75, 3.05) is 6.61 Å². The van der Waals surface area contributed by atoms with E-state index in [4.69, 9.17) is 14.7 Å². The maximum absolute atomic E-state index is 10.1. The Bertz CT molecular complexity index is 188. The van der Waals surface area contributed by atoms with Gasteiger partial charge in [0.15, 0.2) is 6.10 Å². The molecule has 3 atom stereocenters. The van der Waals surface area contributed by atoms with Gasteiger partial charge in [0.2, 0.25) is 6.61 Å². The SMILES string of the molecule is O=P([O-])(O)OCC1O[CH+]CC1O. The fourth-order valence-corrected chi connectivity index (χ4v) is 1.17. The summed E-state index contributed by atoms with van der Waals surface area (Å²) in [6, 6.07) is 0. The molecule has 1 saturated heterocycles. The standard InChI is InChI=1S/C5H9O6P/c6-4-1-2-10-5(4)3-11-12(7,8)9/h2,4-6H,1,3H2,(H-,7,8,9). The van der Waals surface area contributed by atoms with Crippen molar-refractivity contribution in [3.8, 4) is 0 Å². The third kappa shape index (κ3) is 3.10. The second-order valence-electron chi connectivity index (χ2n) is 2.41. The number of hydrogen-bond donors (Lipinski definition) is 2. The topological polar surface area (TPSA) is 99.1 Å². The lowest BCUT2D eigenvalue weighted by atomic mass is 10.2. The van der Waals surface area contributed by atoms with Gasteiger partial charge in [0, 0.05) is 0 Å². The molecule has 0 aromatic rings. The Labute approximate surface area is 69.4 Å². The van der Waals surface area contributed by atoms with Crippen molar-refractivity contribution in [1.29, 1.82) is 0 Å². The van der Waals surface area contributed by atoms with Crippen molar-refractivity contribution in [3.05, 3.63) is 6.61 Å². The summed E-state index contributed by atoms with van der Waals surface area (Å²) >= 11 is 0. The van der Waals surface area contributed by atoms with E-state index in [-0.39, 0.29) is 6.61 Å². The largest absolute Gasteiger partial charge is 0.756 e. The number of aliphatic hydroxyl groups excluding tert-OH is 1. The molecule has 6 nitrogen and oxygen atoms in total. The molecule has 0 aromatic heterocycles. The van der Waals surface area contributed by atoms with Gasteiger partial charge in [-0.1, -0.05) is 0 Å². The van der Waals surface area contributed by atoms with Gasteiger partial charge in [-0.15, -0.1) is 0 Å². The smallest absolute Gasteiger partial charge is 0.265 e. The molecule has 0 saturated carbocycles. The van der Waals surface area contributed by atoms with Crippen molar-refractivity contribution in [3.63, 3.8) is 0 Å². The van der Waals surface area contributed by atoms with E-state index in [1.165, 1.54) is 6.61 Å². The van der Waals surface area contributed by atoms with Crippen LogP contribution in [0.1, 0.15) is 6.42 Å². The highest BCUT2D eigenvalue weighted by Crippen LogP contribution is 2.31. The number of phosphoric ester groups is 1. The van der Waals surface area contributed by atoms with Gasteiger partial charge >= 0.3 is 0 Å². The lowest BCUT2D eigenvalue weighted by molar-refractivity contribution is -0.222. The molecule has 0 amide bonds. The molecular weight excluding hydrogens is 187 g/mol. The molecule has 0 radical (unpaired) electrons.